The number of aromatic nitrogens is 2. The Morgan fingerprint density at radius 2 is 1.81 bits per heavy atom. The van der Waals surface area contributed by atoms with Crippen LogP contribution in [-0.2, 0) is 18.3 Å². The number of para-hydroxylation sites is 1. The summed E-state index contributed by atoms with van der Waals surface area (Å²) in [5.74, 6) is 0.759. The van der Waals surface area contributed by atoms with Gasteiger partial charge in [0.1, 0.15) is 10.9 Å². The molecule has 138 valence electrons. The normalized spacial score (nSPS) is 16.0. The molecule has 2 heterocycles. The van der Waals surface area contributed by atoms with Crippen LogP contribution < -0.4 is 10.9 Å². The largest absolute Gasteiger partial charge is 0.319 e. The first-order valence-corrected chi connectivity index (χ1v) is 9.97. The Labute approximate surface area is 162 Å². The molecule has 1 unspecified atom stereocenters. The highest BCUT2D eigenvalue weighted by Crippen LogP contribution is 2.37. The van der Waals surface area contributed by atoms with Crippen molar-refractivity contribution in [2.24, 2.45) is 7.05 Å². The molecular weight excluding hydrogens is 358 g/mol. The highest BCUT2D eigenvalue weighted by Gasteiger charge is 2.28. The van der Waals surface area contributed by atoms with Crippen LogP contribution in [0.3, 0.4) is 0 Å². The van der Waals surface area contributed by atoms with Crippen molar-refractivity contribution in [2.45, 2.75) is 18.6 Å². The third-order valence-corrected chi connectivity index (χ3v) is 6.28. The molecule has 1 atom stereocenters. The third kappa shape index (κ3) is 3.10. The standard InChI is InChI=1S/C21H21N3O2S/c1-14-18(21(26)24(23(14)2)16-9-4-3-5-10-16)22-20(25)19-17-11-7-6-8-15(17)12-13-27-19/h3-11,19H,12-13H2,1-2H3,(H,22,25). The zero-order valence-electron chi connectivity index (χ0n) is 15.3. The van der Waals surface area contributed by atoms with Gasteiger partial charge in [-0.05, 0) is 42.4 Å². The number of hydrogen-bond donors (Lipinski definition) is 1. The van der Waals surface area contributed by atoms with Gasteiger partial charge >= 0.3 is 0 Å². The van der Waals surface area contributed by atoms with Gasteiger partial charge in [-0.15, -0.1) is 11.8 Å². The van der Waals surface area contributed by atoms with Gasteiger partial charge in [0.2, 0.25) is 5.91 Å². The zero-order chi connectivity index (χ0) is 19.0. The summed E-state index contributed by atoms with van der Waals surface area (Å²) in [7, 11) is 1.82. The first kappa shape index (κ1) is 17.7. The maximum atomic E-state index is 13.0. The van der Waals surface area contributed by atoms with Gasteiger partial charge in [0.15, 0.2) is 0 Å². The van der Waals surface area contributed by atoms with Gasteiger partial charge in [-0.25, -0.2) is 4.68 Å². The third-order valence-electron chi connectivity index (χ3n) is 5.03. The molecule has 3 aromatic rings. The summed E-state index contributed by atoms with van der Waals surface area (Å²) in [4.78, 5) is 26.0. The number of hydrogen-bond acceptors (Lipinski definition) is 3. The van der Waals surface area contributed by atoms with E-state index in [9.17, 15) is 9.59 Å². The minimum atomic E-state index is -0.292. The minimum absolute atomic E-state index is 0.141. The van der Waals surface area contributed by atoms with Crippen LogP contribution in [0.25, 0.3) is 5.69 Å². The quantitative estimate of drug-likeness (QED) is 0.758. The first-order chi connectivity index (χ1) is 13.1. The van der Waals surface area contributed by atoms with E-state index in [4.69, 9.17) is 0 Å². The van der Waals surface area contributed by atoms with E-state index in [1.165, 1.54) is 5.56 Å². The summed E-state index contributed by atoms with van der Waals surface area (Å²) >= 11 is 1.62. The lowest BCUT2D eigenvalue weighted by Gasteiger charge is -2.24. The molecule has 5 nitrogen and oxygen atoms in total. The van der Waals surface area contributed by atoms with Crippen molar-refractivity contribution >= 4 is 23.4 Å². The van der Waals surface area contributed by atoms with Crippen molar-refractivity contribution in [3.63, 3.8) is 0 Å². The van der Waals surface area contributed by atoms with Crippen molar-refractivity contribution < 1.29 is 4.79 Å². The van der Waals surface area contributed by atoms with Crippen LogP contribution >= 0.6 is 11.8 Å². The number of carbonyl (C=O) groups is 1. The molecule has 1 aliphatic heterocycles. The molecule has 0 aliphatic carbocycles. The number of nitrogens with zero attached hydrogens (tertiary/aromatic N) is 2. The molecule has 0 radical (unpaired) electrons. The van der Waals surface area contributed by atoms with Gasteiger partial charge in [0.25, 0.3) is 5.56 Å². The van der Waals surface area contributed by atoms with Crippen molar-refractivity contribution in [3.8, 4) is 5.69 Å². The van der Waals surface area contributed by atoms with Gasteiger partial charge in [-0.3, -0.25) is 14.3 Å². The maximum Gasteiger partial charge on any atom is 0.295 e. The van der Waals surface area contributed by atoms with E-state index < -0.39 is 0 Å². The topological polar surface area (TPSA) is 56.0 Å². The van der Waals surface area contributed by atoms with Gasteiger partial charge in [-0.1, -0.05) is 42.5 Å². The van der Waals surface area contributed by atoms with Crippen LogP contribution in [0, 0.1) is 6.92 Å². The molecule has 1 amide bonds. The van der Waals surface area contributed by atoms with E-state index in [0.29, 0.717) is 5.69 Å². The van der Waals surface area contributed by atoms with Crippen molar-refractivity contribution in [1.82, 2.24) is 9.36 Å². The predicted octanol–water partition coefficient (Wildman–Crippen LogP) is 3.45. The monoisotopic (exact) mass is 379 g/mol. The Hall–Kier alpha value is -2.73. The van der Waals surface area contributed by atoms with E-state index in [0.717, 1.165) is 29.1 Å². The Balaban J connectivity index is 1.68. The van der Waals surface area contributed by atoms with Crippen LogP contribution in [-0.4, -0.2) is 21.0 Å². The van der Waals surface area contributed by atoms with Gasteiger partial charge in [0, 0.05) is 7.05 Å². The Kier molecular flexibility index (Phi) is 4.66. The minimum Gasteiger partial charge on any atom is -0.319 e. The maximum absolute atomic E-state index is 13.0. The molecule has 1 aliphatic rings. The lowest BCUT2D eigenvalue weighted by Crippen LogP contribution is -2.27. The molecule has 0 saturated carbocycles. The van der Waals surface area contributed by atoms with E-state index in [1.807, 2.05) is 62.5 Å². The van der Waals surface area contributed by atoms with E-state index >= 15 is 0 Å². The molecule has 0 fully saturated rings. The molecule has 0 bridgehead atoms. The van der Waals surface area contributed by atoms with Crippen LogP contribution in [0.15, 0.2) is 59.4 Å². The summed E-state index contributed by atoms with van der Waals surface area (Å²) in [6, 6.07) is 17.5. The number of benzene rings is 2. The molecule has 0 saturated heterocycles. The van der Waals surface area contributed by atoms with Crippen LogP contribution in [0.1, 0.15) is 22.1 Å². The number of carbonyl (C=O) groups excluding carboxylic acids is 1. The highest BCUT2D eigenvalue weighted by atomic mass is 32.2. The lowest BCUT2D eigenvalue weighted by molar-refractivity contribution is -0.115. The Morgan fingerprint density at radius 3 is 2.59 bits per heavy atom. The Bertz CT molecular complexity index is 1050. The zero-order valence-corrected chi connectivity index (χ0v) is 16.1. The average molecular weight is 379 g/mol. The van der Waals surface area contributed by atoms with Crippen LogP contribution in [0.4, 0.5) is 5.69 Å². The molecule has 0 spiro atoms. The summed E-state index contributed by atoms with van der Waals surface area (Å²) in [6.45, 7) is 1.85. The summed E-state index contributed by atoms with van der Waals surface area (Å²) in [5.41, 5.74) is 3.88. The highest BCUT2D eigenvalue weighted by molar-refractivity contribution is 8.00. The molecule has 6 heteroatoms. The lowest BCUT2D eigenvalue weighted by atomic mass is 10.0. The number of amides is 1. The SMILES string of the molecule is Cc1c(NC(=O)C2SCCc3ccccc32)c(=O)n(-c2ccccc2)n1C. The molecule has 2 aromatic carbocycles. The van der Waals surface area contributed by atoms with Gasteiger partial charge < -0.3 is 5.32 Å². The summed E-state index contributed by atoms with van der Waals surface area (Å²) in [5, 5.41) is 2.61. The van der Waals surface area contributed by atoms with Crippen molar-refractivity contribution in [2.75, 3.05) is 11.1 Å². The van der Waals surface area contributed by atoms with Gasteiger partial charge in [-0.2, -0.15) is 0 Å². The van der Waals surface area contributed by atoms with Crippen LogP contribution in [0.5, 0.6) is 0 Å². The second kappa shape index (κ2) is 7.12. The fraction of sp³-hybridized carbons (Fsp3) is 0.238. The smallest absolute Gasteiger partial charge is 0.295 e. The fourth-order valence-corrected chi connectivity index (χ4v) is 4.71. The number of nitrogens with one attached hydrogen (secondary N) is 1. The molecule has 1 aromatic heterocycles. The molecule has 4 rings (SSSR count). The Morgan fingerprint density at radius 1 is 1.11 bits per heavy atom. The number of anilines is 1. The van der Waals surface area contributed by atoms with Gasteiger partial charge in [0.05, 0.1) is 11.4 Å². The van der Waals surface area contributed by atoms with Crippen molar-refractivity contribution in [1.29, 1.82) is 0 Å². The fourth-order valence-electron chi connectivity index (χ4n) is 3.51. The predicted molar refractivity (Wildman–Crippen MR) is 110 cm³/mol. The number of aryl methyl sites for hydroxylation is 1. The average Bonchev–Trinajstić information content (AvgIpc) is 2.91. The van der Waals surface area contributed by atoms with E-state index in [1.54, 1.807) is 21.1 Å². The second-order valence-electron chi connectivity index (χ2n) is 6.63. The second-order valence-corrected chi connectivity index (χ2v) is 7.84. The number of thioether (sulfide) groups is 1. The molecular formula is C21H21N3O2S. The summed E-state index contributed by atoms with van der Waals surface area (Å²) in [6.07, 6.45) is 0.968. The first-order valence-electron chi connectivity index (χ1n) is 8.92. The number of rotatable bonds is 3. The number of fused-ring (bicyclic) bond motifs is 1. The van der Waals surface area contributed by atoms with Crippen molar-refractivity contribution in [3.05, 3.63) is 81.8 Å². The molecule has 27 heavy (non-hydrogen) atoms. The van der Waals surface area contributed by atoms with E-state index in [2.05, 4.69) is 11.4 Å². The van der Waals surface area contributed by atoms with Crippen LogP contribution in [0.2, 0.25) is 0 Å². The summed E-state index contributed by atoms with van der Waals surface area (Å²) < 4.78 is 3.35. The molecule has 1 N–H and O–H groups in total. The van der Waals surface area contributed by atoms with E-state index in [-0.39, 0.29) is 16.7 Å².